The van der Waals surface area contributed by atoms with Crippen LogP contribution in [0.5, 0.6) is 5.75 Å². The van der Waals surface area contributed by atoms with Gasteiger partial charge in [-0.15, -0.1) is 0 Å². The van der Waals surface area contributed by atoms with E-state index in [-0.39, 0.29) is 11.3 Å². The molecule has 2 N–H and O–H groups in total. The van der Waals surface area contributed by atoms with Crippen LogP contribution >= 0.6 is 12.2 Å². The van der Waals surface area contributed by atoms with E-state index in [1.807, 2.05) is 60.0 Å². The molecule has 0 radical (unpaired) electrons. The molecule has 3 aromatic heterocycles. The Morgan fingerprint density at radius 1 is 0.971 bits per heavy atom. The average Bonchev–Trinajstić information content (AvgIpc) is 3.25. The standard InChI is InChI=1S/C27H21N5O2S/c1-16-13-24(34)31(23-15-19(33)8-9-20(16)23)12-11-17-7-10-22-21(14-17)26-29-27(35)30-32(26)25(28-22)18-5-3-2-4-6-18/h2-10,13-15,33H,11-12H2,1H3,(H,30,35). The van der Waals surface area contributed by atoms with Crippen LogP contribution in [-0.4, -0.2) is 29.3 Å². The lowest BCUT2D eigenvalue weighted by molar-refractivity contribution is 0.475. The van der Waals surface area contributed by atoms with Crippen molar-refractivity contribution in [3.8, 4) is 17.1 Å². The number of aryl methyl sites for hydroxylation is 3. The highest BCUT2D eigenvalue weighted by Gasteiger charge is 2.13. The van der Waals surface area contributed by atoms with Gasteiger partial charge in [-0.1, -0.05) is 36.4 Å². The monoisotopic (exact) mass is 479 g/mol. The highest BCUT2D eigenvalue weighted by atomic mass is 32.1. The van der Waals surface area contributed by atoms with Gasteiger partial charge in [-0.05, 0) is 61.0 Å². The molecule has 0 atom stereocenters. The Hall–Kier alpha value is -4.30. The van der Waals surface area contributed by atoms with Gasteiger partial charge in [-0.25, -0.2) is 9.50 Å². The van der Waals surface area contributed by atoms with Crippen LogP contribution in [0.25, 0.3) is 38.8 Å². The van der Waals surface area contributed by atoms with Crippen LogP contribution in [0.3, 0.4) is 0 Å². The van der Waals surface area contributed by atoms with Gasteiger partial charge < -0.3 is 9.67 Å². The lowest BCUT2D eigenvalue weighted by Gasteiger charge is -2.13. The number of nitrogens with zero attached hydrogens (tertiary/aromatic N) is 4. The quantitative estimate of drug-likeness (QED) is 0.340. The highest BCUT2D eigenvalue weighted by molar-refractivity contribution is 7.71. The summed E-state index contributed by atoms with van der Waals surface area (Å²) < 4.78 is 3.92. The highest BCUT2D eigenvalue weighted by Crippen LogP contribution is 2.26. The fourth-order valence-corrected chi connectivity index (χ4v) is 4.80. The first-order valence-corrected chi connectivity index (χ1v) is 11.7. The van der Waals surface area contributed by atoms with E-state index in [1.165, 1.54) is 0 Å². The molecule has 0 aliphatic rings. The Kier molecular flexibility index (Phi) is 4.96. The molecule has 0 saturated heterocycles. The van der Waals surface area contributed by atoms with Crippen LogP contribution in [0.1, 0.15) is 11.1 Å². The third-order valence-corrected chi connectivity index (χ3v) is 6.51. The van der Waals surface area contributed by atoms with Crippen molar-refractivity contribution in [1.29, 1.82) is 0 Å². The number of hydrogen-bond donors (Lipinski definition) is 2. The summed E-state index contributed by atoms with van der Waals surface area (Å²) in [6.07, 6.45) is 0.626. The number of rotatable bonds is 4. The fourth-order valence-electron chi connectivity index (χ4n) is 4.62. The molecule has 0 aliphatic carbocycles. The molecule has 6 rings (SSSR count). The SMILES string of the molecule is Cc1cc(=O)n(CCc2ccc3nc(-c4ccccc4)n4[nH]c(=S)nc4c3c2)c2cc(O)ccc12. The van der Waals surface area contributed by atoms with Gasteiger partial charge in [0.2, 0.25) is 4.77 Å². The van der Waals surface area contributed by atoms with Crippen molar-refractivity contribution in [3.05, 3.63) is 99.0 Å². The second-order valence-corrected chi connectivity index (χ2v) is 9.00. The van der Waals surface area contributed by atoms with Gasteiger partial charge in [0, 0.05) is 35.0 Å². The molecule has 6 aromatic rings. The first-order chi connectivity index (χ1) is 17.0. The first-order valence-electron chi connectivity index (χ1n) is 11.3. The molecule has 0 aliphatic heterocycles. The summed E-state index contributed by atoms with van der Waals surface area (Å²) in [4.78, 5) is 22.2. The van der Waals surface area contributed by atoms with Crippen molar-refractivity contribution < 1.29 is 5.11 Å². The molecule has 0 spiro atoms. The molecular formula is C27H21N5O2S. The summed E-state index contributed by atoms with van der Waals surface area (Å²) in [5.41, 5.74) is 5.07. The minimum atomic E-state index is -0.0865. The third-order valence-electron chi connectivity index (χ3n) is 6.33. The van der Waals surface area contributed by atoms with Gasteiger partial charge in [0.1, 0.15) is 5.75 Å². The summed E-state index contributed by atoms with van der Waals surface area (Å²) in [6, 6.07) is 22.8. The van der Waals surface area contributed by atoms with E-state index in [2.05, 4.69) is 16.1 Å². The zero-order valence-electron chi connectivity index (χ0n) is 18.9. The molecule has 0 fully saturated rings. The summed E-state index contributed by atoms with van der Waals surface area (Å²) in [6.45, 7) is 2.38. The van der Waals surface area contributed by atoms with E-state index in [9.17, 15) is 9.90 Å². The van der Waals surface area contributed by atoms with Crippen molar-refractivity contribution in [2.45, 2.75) is 19.9 Å². The lowest BCUT2D eigenvalue weighted by Crippen LogP contribution is -2.21. The number of aromatic amines is 1. The van der Waals surface area contributed by atoms with Crippen LogP contribution in [0.15, 0.2) is 77.6 Å². The Bertz CT molecular complexity index is 1870. The number of hydrogen-bond acceptors (Lipinski definition) is 5. The Labute approximate surface area is 204 Å². The predicted octanol–water partition coefficient (Wildman–Crippen LogP) is 5.18. The number of nitrogens with one attached hydrogen (secondary N) is 1. The number of H-pyrrole nitrogens is 1. The number of pyridine rings is 1. The Balaban J connectivity index is 1.44. The second-order valence-electron chi connectivity index (χ2n) is 8.61. The van der Waals surface area contributed by atoms with Crippen LogP contribution in [0, 0.1) is 11.7 Å². The molecule has 0 unspecified atom stereocenters. The molecule has 3 aromatic carbocycles. The first kappa shape index (κ1) is 21.2. The van der Waals surface area contributed by atoms with Crippen molar-refractivity contribution in [3.63, 3.8) is 0 Å². The Morgan fingerprint density at radius 3 is 2.63 bits per heavy atom. The van der Waals surface area contributed by atoms with Crippen molar-refractivity contribution in [2.75, 3.05) is 0 Å². The molecule has 3 heterocycles. The van der Waals surface area contributed by atoms with E-state index in [4.69, 9.17) is 17.2 Å². The number of phenols is 1. The molecular weight excluding hydrogens is 458 g/mol. The second kappa shape index (κ2) is 8.18. The molecule has 35 heavy (non-hydrogen) atoms. The van der Waals surface area contributed by atoms with Crippen molar-refractivity contribution in [1.82, 2.24) is 24.1 Å². The van der Waals surface area contributed by atoms with Crippen molar-refractivity contribution >= 4 is 39.7 Å². The van der Waals surface area contributed by atoms with E-state index < -0.39 is 0 Å². The van der Waals surface area contributed by atoms with Gasteiger partial charge in [-0.2, -0.15) is 4.98 Å². The number of fused-ring (bicyclic) bond motifs is 4. The fraction of sp³-hybridized carbons (Fsp3) is 0.111. The smallest absolute Gasteiger partial charge is 0.251 e. The van der Waals surface area contributed by atoms with Gasteiger partial charge in [0.05, 0.1) is 11.0 Å². The lowest BCUT2D eigenvalue weighted by atomic mass is 10.1. The van der Waals surface area contributed by atoms with E-state index >= 15 is 0 Å². The predicted molar refractivity (Wildman–Crippen MR) is 139 cm³/mol. The average molecular weight is 480 g/mol. The van der Waals surface area contributed by atoms with E-state index in [0.29, 0.717) is 23.4 Å². The van der Waals surface area contributed by atoms with Gasteiger partial charge in [0.25, 0.3) is 5.56 Å². The molecule has 0 saturated carbocycles. The summed E-state index contributed by atoms with van der Waals surface area (Å²) in [5, 5.41) is 15.0. The largest absolute Gasteiger partial charge is 0.508 e. The molecule has 8 heteroatoms. The maximum absolute atomic E-state index is 12.8. The van der Waals surface area contributed by atoms with E-state index in [1.54, 1.807) is 22.8 Å². The summed E-state index contributed by atoms with van der Waals surface area (Å²) in [7, 11) is 0. The van der Waals surface area contributed by atoms with Crippen LogP contribution in [0.4, 0.5) is 0 Å². The third kappa shape index (κ3) is 3.68. The van der Waals surface area contributed by atoms with E-state index in [0.717, 1.165) is 44.3 Å². The number of aromatic hydroxyl groups is 1. The minimum absolute atomic E-state index is 0.0865. The zero-order chi connectivity index (χ0) is 24.1. The topological polar surface area (TPSA) is 88.2 Å². The number of benzene rings is 3. The number of phenolic OH excluding ortho intramolecular Hbond substituents is 1. The Morgan fingerprint density at radius 2 is 1.80 bits per heavy atom. The molecule has 172 valence electrons. The maximum atomic E-state index is 12.8. The van der Waals surface area contributed by atoms with Crippen LogP contribution in [-0.2, 0) is 13.0 Å². The normalized spacial score (nSPS) is 11.6. The summed E-state index contributed by atoms with van der Waals surface area (Å²) >= 11 is 5.34. The molecule has 7 nitrogen and oxygen atoms in total. The van der Waals surface area contributed by atoms with Crippen LogP contribution < -0.4 is 5.56 Å². The van der Waals surface area contributed by atoms with Gasteiger partial charge in [-0.3, -0.25) is 9.89 Å². The zero-order valence-corrected chi connectivity index (χ0v) is 19.7. The van der Waals surface area contributed by atoms with Gasteiger partial charge in [0.15, 0.2) is 11.5 Å². The molecule has 0 amide bonds. The van der Waals surface area contributed by atoms with Gasteiger partial charge >= 0.3 is 0 Å². The minimum Gasteiger partial charge on any atom is -0.508 e. The maximum Gasteiger partial charge on any atom is 0.251 e. The summed E-state index contributed by atoms with van der Waals surface area (Å²) in [5.74, 6) is 0.877. The van der Waals surface area contributed by atoms with Crippen molar-refractivity contribution in [2.24, 2.45) is 0 Å². The number of aromatic nitrogens is 5. The molecule has 0 bridgehead atoms. The van der Waals surface area contributed by atoms with Crippen LogP contribution in [0.2, 0.25) is 0 Å².